The number of hydrogen-bond donors (Lipinski definition) is 0. The maximum absolute atomic E-state index is 4.56. The Balaban J connectivity index is 1.97. The first kappa shape index (κ1) is 15.8. The second-order valence-electron chi connectivity index (χ2n) is 5.78. The van der Waals surface area contributed by atoms with Crippen LogP contribution in [0.1, 0.15) is 11.3 Å². The standard InChI is InChI=1S/C14H26BrN5/c1-12-13(11-15)14(18(4)16-12)20-9-7-19(8-10-20)6-5-17(2)3/h5-11H2,1-4H3. The van der Waals surface area contributed by atoms with Gasteiger partial charge in [-0.2, -0.15) is 5.10 Å². The van der Waals surface area contributed by atoms with E-state index in [1.807, 2.05) is 11.7 Å². The summed E-state index contributed by atoms with van der Waals surface area (Å²) in [6.07, 6.45) is 0. The number of nitrogens with zero attached hydrogens (tertiary/aromatic N) is 5. The summed E-state index contributed by atoms with van der Waals surface area (Å²) in [5.74, 6) is 1.28. The molecule has 0 aromatic carbocycles. The molecule has 1 saturated heterocycles. The smallest absolute Gasteiger partial charge is 0.130 e. The molecule has 0 unspecified atom stereocenters. The Kier molecular flexibility index (Phi) is 5.46. The van der Waals surface area contributed by atoms with Crippen molar-refractivity contribution >= 4 is 21.7 Å². The van der Waals surface area contributed by atoms with Gasteiger partial charge in [-0.15, -0.1) is 0 Å². The molecule has 1 aromatic heterocycles. The second kappa shape index (κ2) is 6.91. The van der Waals surface area contributed by atoms with Gasteiger partial charge in [0.2, 0.25) is 0 Å². The number of piperazine rings is 1. The van der Waals surface area contributed by atoms with Crippen LogP contribution in [0.15, 0.2) is 0 Å². The number of aryl methyl sites for hydroxylation is 2. The molecule has 5 nitrogen and oxygen atoms in total. The van der Waals surface area contributed by atoms with Crippen molar-refractivity contribution in [1.82, 2.24) is 19.6 Å². The first-order valence-electron chi connectivity index (χ1n) is 7.23. The van der Waals surface area contributed by atoms with Crippen LogP contribution in [0.3, 0.4) is 0 Å². The highest BCUT2D eigenvalue weighted by atomic mass is 79.9. The van der Waals surface area contributed by atoms with E-state index >= 15 is 0 Å². The van der Waals surface area contributed by atoms with Crippen molar-refractivity contribution in [1.29, 1.82) is 0 Å². The van der Waals surface area contributed by atoms with Gasteiger partial charge in [0.05, 0.1) is 5.69 Å². The molecule has 6 heteroatoms. The van der Waals surface area contributed by atoms with Crippen molar-refractivity contribution in [2.24, 2.45) is 7.05 Å². The molecule has 0 saturated carbocycles. The van der Waals surface area contributed by atoms with Gasteiger partial charge < -0.3 is 9.80 Å². The van der Waals surface area contributed by atoms with Crippen molar-refractivity contribution in [3.8, 4) is 0 Å². The summed E-state index contributed by atoms with van der Waals surface area (Å²) in [5, 5.41) is 5.44. The summed E-state index contributed by atoms with van der Waals surface area (Å²) in [4.78, 5) is 7.27. The Morgan fingerprint density at radius 1 is 1.20 bits per heavy atom. The topological polar surface area (TPSA) is 27.5 Å². The van der Waals surface area contributed by atoms with Gasteiger partial charge >= 0.3 is 0 Å². The molecule has 1 aromatic rings. The fraction of sp³-hybridized carbons (Fsp3) is 0.786. The lowest BCUT2D eigenvalue weighted by Crippen LogP contribution is -2.48. The molecule has 0 amide bonds. The van der Waals surface area contributed by atoms with Crippen LogP contribution >= 0.6 is 15.9 Å². The summed E-state index contributed by atoms with van der Waals surface area (Å²) in [7, 11) is 6.32. The van der Waals surface area contributed by atoms with Gasteiger partial charge in [0.25, 0.3) is 0 Å². The maximum atomic E-state index is 4.56. The average Bonchev–Trinajstić information content (AvgIpc) is 2.71. The van der Waals surface area contributed by atoms with E-state index < -0.39 is 0 Å². The largest absolute Gasteiger partial charge is 0.354 e. The number of halogens is 1. The normalized spacial score (nSPS) is 17.2. The number of anilines is 1. The van der Waals surface area contributed by atoms with Crippen LogP contribution in [-0.4, -0.2) is 72.9 Å². The minimum Gasteiger partial charge on any atom is -0.354 e. The minimum atomic E-state index is 0.878. The molecule has 0 bridgehead atoms. The SMILES string of the molecule is Cc1nn(C)c(N2CCN(CCN(C)C)CC2)c1CBr. The van der Waals surface area contributed by atoms with Crippen LogP contribution in [0, 0.1) is 6.92 Å². The zero-order valence-corrected chi connectivity index (χ0v) is 14.6. The van der Waals surface area contributed by atoms with E-state index in [2.05, 4.69) is 56.7 Å². The molecule has 1 aliphatic rings. The third-order valence-electron chi connectivity index (χ3n) is 3.98. The third-order valence-corrected chi connectivity index (χ3v) is 4.54. The Hall–Kier alpha value is -0.590. The molecule has 1 fully saturated rings. The van der Waals surface area contributed by atoms with Crippen LogP contribution in [0.2, 0.25) is 0 Å². The lowest BCUT2D eigenvalue weighted by atomic mass is 10.2. The van der Waals surface area contributed by atoms with Crippen molar-refractivity contribution in [2.45, 2.75) is 12.3 Å². The molecule has 114 valence electrons. The molecular weight excluding hydrogens is 318 g/mol. The van der Waals surface area contributed by atoms with Gasteiger partial charge in [0, 0.05) is 57.2 Å². The van der Waals surface area contributed by atoms with E-state index in [0.717, 1.165) is 50.3 Å². The van der Waals surface area contributed by atoms with Crippen molar-refractivity contribution in [3.63, 3.8) is 0 Å². The fourth-order valence-electron chi connectivity index (χ4n) is 2.77. The van der Waals surface area contributed by atoms with Crippen molar-refractivity contribution < 1.29 is 0 Å². The Morgan fingerprint density at radius 3 is 2.40 bits per heavy atom. The predicted molar refractivity (Wildman–Crippen MR) is 87.8 cm³/mol. The van der Waals surface area contributed by atoms with E-state index in [0.29, 0.717) is 0 Å². The highest BCUT2D eigenvalue weighted by molar-refractivity contribution is 9.08. The second-order valence-corrected chi connectivity index (χ2v) is 6.34. The maximum Gasteiger partial charge on any atom is 0.130 e. The molecule has 0 N–H and O–H groups in total. The summed E-state index contributed by atoms with van der Waals surface area (Å²) >= 11 is 3.60. The van der Waals surface area contributed by atoms with Crippen molar-refractivity contribution in [3.05, 3.63) is 11.3 Å². The van der Waals surface area contributed by atoms with E-state index in [9.17, 15) is 0 Å². The molecule has 0 atom stereocenters. The van der Waals surface area contributed by atoms with E-state index in [-0.39, 0.29) is 0 Å². The summed E-state index contributed by atoms with van der Waals surface area (Å²) in [6, 6.07) is 0. The zero-order valence-electron chi connectivity index (χ0n) is 13.1. The van der Waals surface area contributed by atoms with Gasteiger partial charge in [-0.25, -0.2) is 0 Å². The Labute approximate surface area is 130 Å². The summed E-state index contributed by atoms with van der Waals surface area (Å²) < 4.78 is 2.03. The lowest BCUT2D eigenvalue weighted by molar-refractivity contribution is 0.228. The zero-order chi connectivity index (χ0) is 14.7. The highest BCUT2D eigenvalue weighted by Gasteiger charge is 2.23. The summed E-state index contributed by atoms with van der Waals surface area (Å²) in [6.45, 7) is 8.85. The molecule has 0 radical (unpaired) electrons. The highest BCUT2D eigenvalue weighted by Crippen LogP contribution is 2.26. The van der Waals surface area contributed by atoms with Gasteiger partial charge in [-0.3, -0.25) is 9.58 Å². The Morgan fingerprint density at radius 2 is 1.85 bits per heavy atom. The van der Waals surface area contributed by atoms with E-state index in [1.54, 1.807) is 0 Å². The van der Waals surface area contributed by atoms with Crippen molar-refractivity contribution in [2.75, 3.05) is 58.3 Å². The molecule has 0 spiro atoms. The number of hydrogen-bond acceptors (Lipinski definition) is 4. The lowest BCUT2D eigenvalue weighted by Gasteiger charge is -2.36. The molecular formula is C14H26BrN5. The average molecular weight is 344 g/mol. The van der Waals surface area contributed by atoms with Gasteiger partial charge in [0.1, 0.15) is 5.82 Å². The van der Waals surface area contributed by atoms with Crippen LogP contribution < -0.4 is 4.90 Å². The number of alkyl halides is 1. The quantitative estimate of drug-likeness (QED) is 0.753. The van der Waals surface area contributed by atoms with Crippen LogP contribution in [-0.2, 0) is 12.4 Å². The van der Waals surface area contributed by atoms with Crippen LogP contribution in [0.25, 0.3) is 0 Å². The van der Waals surface area contributed by atoms with Gasteiger partial charge in [-0.05, 0) is 21.0 Å². The molecule has 2 rings (SSSR count). The van der Waals surface area contributed by atoms with E-state index in [4.69, 9.17) is 0 Å². The van der Waals surface area contributed by atoms with Gasteiger partial charge in [0.15, 0.2) is 0 Å². The van der Waals surface area contributed by atoms with Gasteiger partial charge in [-0.1, -0.05) is 15.9 Å². The number of likely N-dealkylation sites (N-methyl/N-ethyl adjacent to an activating group) is 1. The molecule has 1 aliphatic heterocycles. The monoisotopic (exact) mass is 343 g/mol. The summed E-state index contributed by atoms with van der Waals surface area (Å²) in [5.41, 5.74) is 2.46. The molecule has 0 aliphatic carbocycles. The third kappa shape index (κ3) is 3.54. The minimum absolute atomic E-state index is 0.878. The number of rotatable bonds is 5. The first-order valence-corrected chi connectivity index (χ1v) is 8.35. The van der Waals surface area contributed by atoms with Crippen LogP contribution in [0.5, 0.6) is 0 Å². The number of aromatic nitrogens is 2. The Bertz CT molecular complexity index is 435. The van der Waals surface area contributed by atoms with Crippen LogP contribution in [0.4, 0.5) is 5.82 Å². The molecule has 2 heterocycles. The fourth-order valence-corrected chi connectivity index (χ4v) is 3.42. The van der Waals surface area contributed by atoms with E-state index in [1.165, 1.54) is 11.4 Å². The molecule has 20 heavy (non-hydrogen) atoms. The first-order chi connectivity index (χ1) is 9.52. The predicted octanol–water partition coefficient (Wildman–Crippen LogP) is 1.31.